The predicted molar refractivity (Wildman–Crippen MR) is 553 cm³/mol. The van der Waals surface area contributed by atoms with Crippen LogP contribution in [-0.4, -0.2) is 150 Å². The Bertz CT molecular complexity index is 5730. The number of aliphatic hydroxyl groups is 3. The number of hydrogen-bond donors (Lipinski definition) is 3. The minimum atomic E-state index is -1.59. The van der Waals surface area contributed by atoms with Gasteiger partial charge in [0.2, 0.25) is 11.6 Å². The highest BCUT2D eigenvalue weighted by Gasteiger charge is 2.72. The third kappa shape index (κ3) is 18.1. The molecule has 0 aromatic rings. The molecule has 30 atom stereocenters. The number of esters is 3. The number of ketones is 12. The molecule has 20 aliphatic rings. The van der Waals surface area contributed by atoms with Crippen LogP contribution in [0.3, 0.4) is 0 Å². The molecular weight excluding hydrogens is 1870 g/mol. The average Bonchev–Trinajstić information content (AvgIpc) is 1.50. The van der Waals surface area contributed by atoms with Crippen molar-refractivity contribution in [3.63, 3.8) is 0 Å². The number of alkyl halides is 2. The molecule has 20 aliphatic carbocycles. The quantitative estimate of drug-likeness (QED) is 0.0468. The fourth-order valence-corrected chi connectivity index (χ4v) is 34.9. The molecule has 10 fully saturated rings. The summed E-state index contributed by atoms with van der Waals surface area (Å²) >= 11 is 13.7. The van der Waals surface area contributed by atoms with Crippen molar-refractivity contribution in [1.82, 2.24) is 0 Å². The van der Waals surface area contributed by atoms with Gasteiger partial charge in [-0.2, -0.15) is 0 Å². The van der Waals surface area contributed by atoms with Crippen molar-refractivity contribution in [3.05, 3.63) is 153 Å². The molecule has 3 N–H and O–H groups in total. The molecule has 23 heteroatoms. The monoisotopic (exact) mass is 2030 g/mol. The number of allylic oxidation sites excluding steroid dienone is 26. The number of hydrogen-bond acceptors (Lipinski definition) is 21. The first-order valence-corrected chi connectivity index (χ1v) is 55.3. The highest BCUT2D eigenvalue weighted by Crippen LogP contribution is 2.73. The van der Waals surface area contributed by atoms with Crippen LogP contribution in [0.4, 0.5) is 0 Å². The number of ether oxygens (including phenoxy) is 3. The lowest BCUT2D eigenvalue weighted by atomic mass is 9.48. The molecule has 10 saturated carbocycles. The third-order valence-corrected chi connectivity index (χ3v) is 43.2. The summed E-state index contributed by atoms with van der Waals surface area (Å²) in [5.74, 6) is 1.40. The van der Waals surface area contributed by atoms with Crippen LogP contribution in [0, 0.1) is 143 Å². The van der Waals surface area contributed by atoms with Crippen molar-refractivity contribution < 1.29 is 101 Å². The van der Waals surface area contributed by atoms with E-state index in [2.05, 4.69) is 92.7 Å². The topological polar surface area (TPSA) is 344 Å². The zero-order valence-corrected chi connectivity index (χ0v) is 90.3. The lowest BCUT2D eigenvalue weighted by molar-refractivity contribution is -0.168. The predicted octanol–water partition coefficient (Wildman–Crippen LogP) is 21.2. The van der Waals surface area contributed by atoms with E-state index in [4.69, 9.17) is 37.4 Å². The van der Waals surface area contributed by atoms with E-state index in [0.717, 1.165) is 139 Å². The van der Waals surface area contributed by atoms with Crippen molar-refractivity contribution in [2.45, 2.75) is 345 Å². The molecule has 0 spiro atoms. The Kier molecular flexibility index (Phi) is 30.2. The van der Waals surface area contributed by atoms with Gasteiger partial charge in [0.15, 0.2) is 53.7 Å². The molecule has 21 nitrogen and oxygen atoms in total. The molecular formula is C122H156Cl2O21. The number of rotatable bonds is 19. The fourth-order valence-electron chi connectivity index (χ4n) is 34.0. The van der Waals surface area contributed by atoms with Gasteiger partial charge in [-0.1, -0.05) is 182 Å². The molecule has 784 valence electrons. The largest absolute Gasteiger partial charge is 0.458 e. The first-order chi connectivity index (χ1) is 68.0. The van der Waals surface area contributed by atoms with Crippen LogP contribution in [0.15, 0.2) is 153 Å². The average molecular weight is 2030 g/mol. The Balaban J connectivity index is 0.000000130. The number of fused-ring (bicyclic) bond motifs is 25. The minimum absolute atomic E-state index is 0.00187. The Morgan fingerprint density at radius 2 is 0.828 bits per heavy atom. The summed E-state index contributed by atoms with van der Waals surface area (Å²) in [6.07, 6.45) is 52.3. The second kappa shape index (κ2) is 40.0. The molecule has 145 heavy (non-hydrogen) atoms. The van der Waals surface area contributed by atoms with Crippen molar-refractivity contribution in [2.75, 3.05) is 19.8 Å². The SMILES string of the molecule is CC(=O)CCC(=O)OCC(=O)[C@@]1(O)[C@@H](C)CC2C3CCC4=CC(=O)C=C[C@]4(C)C3=CC[C@@]21C.CC(=O)CCC(=O)OCC(=O)[C@@]1(O)[C@H](C)CC2C3CCC4=CC(=O)C=C[C@]4(C)C3=CC[C@@]21C.CC(=O)OCC(=O)[C@H]1CCC2C3CC(Cl)C4=CC(=O)C=C[C@]4(C)C3=CC[C@@]21C.CCC(=O)[C@@]1(O)CCC2C3C(=CC[C@@]21C)[C@@]1(C)CCC(=O)C=C1CC3C.CCC(=O)[C@H]1CCC2C3C(=CC[C@@]21C)[C@@]1(C)CCC(=O)C=C1CC3Cl. The van der Waals surface area contributed by atoms with Gasteiger partial charge < -0.3 is 39.1 Å². The Hall–Kier alpha value is -8.47. The molecule has 20 rings (SSSR count). The van der Waals surface area contributed by atoms with Crippen molar-refractivity contribution in [2.24, 2.45) is 143 Å². The standard InChI is InChI=1S/2C27H34O6.C23H27ClO4.C23H32O3.C22H29ClO2/c2*1-16-13-22-20-7-6-18-14-19(29)9-11-25(18,3)21(20)10-12-26(22,4)27(16,32)23(30)15-33-24(31)8-5-17(2)28;1-13(25)28-12-21(27)18-5-4-16-15-11-20(24)19-10-14(26)6-8-23(19,3)17(15)7-9-22(16,18)2;1-5-19(25)23(26)11-8-18-20-14(2)12-15-13-16(24)6-9-21(15,3)17(20)7-10-22(18,23)4;1-4-19(25)15-5-6-16-20-17(8-10-22(15,16)3)21(2)9-7-14(24)11-13(21)12-18(20)23/h2*9-11,14,16,20,22,32H,5-8,12-13,15H2,1-4H3;6-8,10,15-16,18,20H,4-5,9,11-12H2,1-3H3;7,13-14,18,20,26H,5-6,8-12H2,1-4H3;8,11,15-16,18,20H,4-7,9-10,12H2,1-3H3/t16-,20?,22?,25+,26+,27+;16-,20?,22?,25-,26-,27-;15?,16?,18-,20?,22+,23-;14?,18?,20?,21-,22-,23-;15-,16?,18?,20?,21+,22-/m10101/s1. The molecule has 0 amide bonds. The number of carbonyl (C=O) groups is 15. The van der Waals surface area contributed by atoms with Gasteiger partial charge in [0.05, 0.1) is 18.2 Å². The summed E-state index contributed by atoms with van der Waals surface area (Å²) in [5, 5.41) is 35.0. The molecule has 0 saturated heterocycles. The molecule has 0 heterocycles. The first-order valence-electron chi connectivity index (χ1n) is 54.4. The van der Waals surface area contributed by atoms with Crippen LogP contribution in [0.2, 0.25) is 0 Å². The summed E-state index contributed by atoms with van der Waals surface area (Å²) < 4.78 is 15.3. The molecule has 0 bridgehead atoms. The van der Waals surface area contributed by atoms with E-state index in [1.54, 1.807) is 36.5 Å². The van der Waals surface area contributed by atoms with E-state index in [-0.39, 0.29) is 186 Å². The maximum Gasteiger partial charge on any atom is 0.306 e. The Morgan fingerprint density at radius 1 is 0.393 bits per heavy atom. The summed E-state index contributed by atoms with van der Waals surface area (Å²) in [5.41, 5.74) is 5.85. The van der Waals surface area contributed by atoms with Gasteiger partial charge in [-0.3, -0.25) is 62.3 Å². The van der Waals surface area contributed by atoms with E-state index >= 15 is 0 Å². The van der Waals surface area contributed by atoms with Crippen molar-refractivity contribution >= 4 is 111 Å². The number of Topliss-reactive ketones (excluding diaryl/α,β-unsaturated/α-hetero) is 7. The van der Waals surface area contributed by atoms with Crippen LogP contribution >= 0.6 is 23.2 Å². The van der Waals surface area contributed by atoms with Crippen molar-refractivity contribution in [3.8, 4) is 0 Å². The first kappa shape index (κ1) is 109. The lowest BCUT2D eigenvalue weighted by Crippen LogP contribution is -2.57. The Morgan fingerprint density at radius 3 is 1.32 bits per heavy atom. The highest BCUT2D eigenvalue weighted by atomic mass is 35.5. The normalized spacial score (nSPS) is 42.2. The van der Waals surface area contributed by atoms with Crippen LogP contribution in [0.5, 0.6) is 0 Å². The summed E-state index contributed by atoms with van der Waals surface area (Å²) in [7, 11) is 0. The fraction of sp³-hybridized carbons (Fsp3) is 0.664. The van der Waals surface area contributed by atoms with Gasteiger partial charge in [0.1, 0.15) is 40.8 Å². The van der Waals surface area contributed by atoms with E-state index in [1.807, 2.05) is 71.9 Å². The Labute approximate surface area is 867 Å². The van der Waals surface area contributed by atoms with Crippen LogP contribution in [-0.2, 0) is 86.1 Å². The van der Waals surface area contributed by atoms with Gasteiger partial charge in [-0.25, -0.2) is 0 Å². The molecule has 13 unspecified atom stereocenters. The molecule has 0 aromatic carbocycles. The van der Waals surface area contributed by atoms with Crippen LogP contribution in [0.1, 0.15) is 317 Å². The molecule has 0 aromatic heterocycles. The van der Waals surface area contributed by atoms with Gasteiger partial charge in [-0.15, -0.1) is 23.2 Å². The van der Waals surface area contributed by atoms with E-state index in [9.17, 15) is 87.2 Å². The van der Waals surface area contributed by atoms with Crippen molar-refractivity contribution in [1.29, 1.82) is 0 Å². The van der Waals surface area contributed by atoms with Gasteiger partial charge in [-0.05, 0) is 312 Å². The second-order valence-corrected chi connectivity index (χ2v) is 50.8. The summed E-state index contributed by atoms with van der Waals surface area (Å²) in [6.45, 7) is 34.8. The van der Waals surface area contributed by atoms with Gasteiger partial charge >= 0.3 is 17.9 Å². The highest BCUT2D eigenvalue weighted by molar-refractivity contribution is 6.23. The van der Waals surface area contributed by atoms with Crippen LogP contribution in [0.25, 0.3) is 0 Å². The maximum absolute atomic E-state index is 13.3. The van der Waals surface area contributed by atoms with E-state index in [1.165, 1.54) is 59.8 Å². The number of carbonyl (C=O) groups excluding carboxylic acids is 15. The minimum Gasteiger partial charge on any atom is -0.458 e. The van der Waals surface area contributed by atoms with Crippen LogP contribution < -0.4 is 0 Å². The number of halogens is 2. The summed E-state index contributed by atoms with van der Waals surface area (Å²) in [6, 6.07) is 0. The van der Waals surface area contributed by atoms with E-state index in [0.29, 0.717) is 92.2 Å². The van der Waals surface area contributed by atoms with Gasteiger partial charge in [0.25, 0.3) is 0 Å². The molecule has 0 aliphatic heterocycles. The molecule has 0 radical (unpaired) electrons. The maximum atomic E-state index is 13.3. The lowest BCUT2D eigenvalue weighted by Gasteiger charge is -2.56. The second-order valence-electron chi connectivity index (χ2n) is 49.7. The smallest absolute Gasteiger partial charge is 0.306 e. The van der Waals surface area contributed by atoms with Gasteiger partial charge in [0, 0.05) is 112 Å². The summed E-state index contributed by atoms with van der Waals surface area (Å²) in [4.78, 5) is 181. The zero-order chi connectivity index (χ0) is 106. The van der Waals surface area contributed by atoms with E-state index < -0.39 is 70.3 Å². The third-order valence-electron chi connectivity index (χ3n) is 42.4. The zero-order valence-electron chi connectivity index (χ0n) is 88.8.